The first-order valence-electron chi connectivity index (χ1n) is 5.23. The third kappa shape index (κ3) is 5.73. The zero-order valence-electron chi connectivity index (χ0n) is 9.49. The molecule has 0 N–H and O–H groups in total. The molecule has 0 aromatic rings. The number of rotatable bonds is 6. The van der Waals surface area contributed by atoms with E-state index in [1.807, 2.05) is 20.8 Å². The van der Waals surface area contributed by atoms with Gasteiger partial charge in [-0.05, 0) is 25.7 Å². The second-order valence-electron chi connectivity index (χ2n) is 5.20. The summed E-state index contributed by atoms with van der Waals surface area (Å²) in [4.78, 5) is 0. The van der Waals surface area contributed by atoms with Gasteiger partial charge in [0.15, 0.2) is 0 Å². The van der Waals surface area contributed by atoms with E-state index in [-0.39, 0.29) is 11.9 Å². The van der Waals surface area contributed by atoms with E-state index in [2.05, 4.69) is 0 Å². The molecule has 0 bridgehead atoms. The number of hydrogen-bond donors (Lipinski definition) is 0. The van der Waals surface area contributed by atoms with Crippen LogP contribution in [0, 0.1) is 11.3 Å². The fourth-order valence-electron chi connectivity index (χ4n) is 1.57. The SMILES string of the molecule is CC(OCC(C)(C)CS(=O)(=O)Cl)C1CC1. The number of halogens is 1. The van der Waals surface area contributed by atoms with E-state index in [0.717, 1.165) is 0 Å². The highest BCUT2D eigenvalue weighted by molar-refractivity contribution is 8.13. The van der Waals surface area contributed by atoms with E-state index in [9.17, 15) is 8.42 Å². The number of hydrogen-bond acceptors (Lipinski definition) is 3. The fourth-order valence-corrected chi connectivity index (χ4v) is 3.47. The summed E-state index contributed by atoms with van der Waals surface area (Å²) in [5.41, 5.74) is -0.413. The van der Waals surface area contributed by atoms with Crippen molar-refractivity contribution in [3.63, 3.8) is 0 Å². The maximum atomic E-state index is 10.9. The van der Waals surface area contributed by atoms with Crippen molar-refractivity contribution in [1.29, 1.82) is 0 Å². The van der Waals surface area contributed by atoms with Crippen molar-refractivity contribution in [3.8, 4) is 0 Å². The summed E-state index contributed by atoms with van der Waals surface area (Å²) >= 11 is 0. The molecule has 1 rings (SSSR count). The minimum Gasteiger partial charge on any atom is -0.378 e. The molecule has 0 heterocycles. The molecule has 15 heavy (non-hydrogen) atoms. The van der Waals surface area contributed by atoms with Gasteiger partial charge in [0.25, 0.3) is 0 Å². The Morgan fingerprint density at radius 1 is 1.47 bits per heavy atom. The third-order valence-electron chi connectivity index (χ3n) is 2.59. The second kappa shape index (κ2) is 4.60. The molecule has 1 saturated carbocycles. The quantitative estimate of drug-likeness (QED) is 0.684. The van der Waals surface area contributed by atoms with Gasteiger partial charge in [0.2, 0.25) is 9.05 Å². The van der Waals surface area contributed by atoms with E-state index in [4.69, 9.17) is 15.4 Å². The van der Waals surface area contributed by atoms with Gasteiger partial charge in [-0.1, -0.05) is 13.8 Å². The lowest BCUT2D eigenvalue weighted by Gasteiger charge is -2.25. The predicted molar refractivity (Wildman–Crippen MR) is 61.6 cm³/mol. The molecule has 0 amide bonds. The van der Waals surface area contributed by atoms with Crippen LogP contribution in [0.4, 0.5) is 0 Å². The van der Waals surface area contributed by atoms with Crippen molar-refractivity contribution in [2.45, 2.75) is 39.7 Å². The van der Waals surface area contributed by atoms with Crippen LogP contribution in [0.15, 0.2) is 0 Å². The molecule has 5 heteroatoms. The van der Waals surface area contributed by atoms with Crippen LogP contribution < -0.4 is 0 Å². The first kappa shape index (κ1) is 13.3. The Kier molecular flexibility index (Phi) is 4.07. The van der Waals surface area contributed by atoms with Crippen LogP contribution in [-0.4, -0.2) is 26.9 Å². The Morgan fingerprint density at radius 2 is 2.00 bits per heavy atom. The first-order chi connectivity index (χ1) is 6.70. The van der Waals surface area contributed by atoms with Crippen molar-refractivity contribution in [1.82, 2.24) is 0 Å². The van der Waals surface area contributed by atoms with Crippen LogP contribution in [0.2, 0.25) is 0 Å². The van der Waals surface area contributed by atoms with Crippen LogP contribution in [0.1, 0.15) is 33.6 Å². The monoisotopic (exact) mass is 254 g/mol. The largest absolute Gasteiger partial charge is 0.378 e. The Balaban J connectivity index is 2.34. The van der Waals surface area contributed by atoms with Gasteiger partial charge in [0.05, 0.1) is 18.5 Å². The maximum Gasteiger partial charge on any atom is 0.233 e. The van der Waals surface area contributed by atoms with E-state index in [1.165, 1.54) is 12.8 Å². The van der Waals surface area contributed by atoms with Gasteiger partial charge in [0, 0.05) is 16.1 Å². The molecule has 1 unspecified atom stereocenters. The topological polar surface area (TPSA) is 43.4 Å². The van der Waals surface area contributed by atoms with Crippen molar-refractivity contribution < 1.29 is 13.2 Å². The van der Waals surface area contributed by atoms with Crippen LogP contribution >= 0.6 is 10.7 Å². The summed E-state index contributed by atoms with van der Waals surface area (Å²) in [6, 6.07) is 0. The predicted octanol–water partition coefficient (Wildman–Crippen LogP) is 2.40. The fraction of sp³-hybridized carbons (Fsp3) is 1.00. The van der Waals surface area contributed by atoms with Gasteiger partial charge >= 0.3 is 0 Å². The van der Waals surface area contributed by atoms with Crippen LogP contribution in [0.3, 0.4) is 0 Å². The standard InChI is InChI=1S/C10H19ClO3S/c1-8(9-4-5-9)14-6-10(2,3)7-15(11,12)13/h8-9H,4-7H2,1-3H3. The lowest BCUT2D eigenvalue weighted by atomic mass is 9.98. The average molecular weight is 255 g/mol. The summed E-state index contributed by atoms with van der Waals surface area (Å²) in [5, 5.41) is 0. The van der Waals surface area contributed by atoms with Crippen molar-refractivity contribution in [2.24, 2.45) is 11.3 Å². The molecule has 0 radical (unpaired) electrons. The van der Waals surface area contributed by atoms with E-state index in [0.29, 0.717) is 12.5 Å². The highest BCUT2D eigenvalue weighted by Gasteiger charge is 2.31. The Labute approximate surface area is 96.6 Å². The van der Waals surface area contributed by atoms with Gasteiger partial charge in [-0.2, -0.15) is 0 Å². The molecular formula is C10H19ClO3S. The summed E-state index contributed by atoms with van der Waals surface area (Å²) in [6.07, 6.45) is 2.70. The van der Waals surface area contributed by atoms with Crippen molar-refractivity contribution >= 4 is 19.7 Å². The van der Waals surface area contributed by atoms with Crippen molar-refractivity contribution in [2.75, 3.05) is 12.4 Å². The van der Waals surface area contributed by atoms with Crippen LogP contribution in [0.25, 0.3) is 0 Å². The maximum absolute atomic E-state index is 10.9. The van der Waals surface area contributed by atoms with Gasteiger partial charge in [-0.3, -0.25) is 0 Å². The smallest absolute Gasteiger partial charge is 0.233 e. The zero-order valence-corrected chi connectivity index (χ0v) is 11.1. The summed E-state index contributed by atoms with van der Waals surface area (Å²) in [6.45, 7) is 6.19. The van der Waals surface area contributed by atoms with Gasteiger partial charge in [-0.25, -0.2) is 8.42 Å². The highest BCUT2D eigenvalue weighted by atomic mass is 35.7. The van der Waals surface area contributed by atoms with E-state index >= 15 is 0 Å². The minimum atomic E-state index is -3.44. The second-order valence-corrected chi connectivity index (χ2v) is 7.98. The molecule has 3 nitrogen and oxygen atoms in total. The normalized spacial score (nSPS) is 20.3. The molecule has 1 atom stereocenters. The third-order valence-corrected chi connectivity index (χ3v) is 4.04. The summed E-state index contributed by atoms with van der Waals surface area (Å²) < 4.78 is 27.5. The molecule has 1 aliphatic rings. The molecule has 0 aromatic heterocycles. The average Bonchev–Trinajstić information content (AvgIpc) is 2.77. The first-order valence-corrected chi connectivity index (χ1v) is 7.71. The Morgan fingerprint density at radius 3 is 2.40 bits per heavy atom. The van der Waals surface area contributed by atoms with E-state index < -0.39 is 14.5 Å². The molecule has 0 saturated heterocycles. The molecule has 1 aliphatic carbocycles. The van der Waals surface area contributed by atoms with E-state index in [1.54, 1.807) is 0 Å². The highest BCUT2D eigenvalue weighted by Crippen LogP contribution is 2.35. The molecule has 0 aromatic carbocycles. The van der Waals surface area contributed by atoms with Crippen LogP contribution in [0.5, 0.6) is 0 Å². The lowest BCUT2D eigenvalue weighted by molar-refractivity contribution is 0.00850. The summed E-state index contributed by atoms with van der Waals surface area (Å²) in [5.74, 6) is 0.632. The lowest BCUT2D eigenvalue weighted by Crippen LogP contribution is -2.29. The summed E-state index contributed by atoms with van der Waals surface area (Å²) in [7, 11) is 1.78. The Bertz CT molecular complexity index is 307. The Hall–Kier alpha value is 0.200. The zero-order chi connectivity index (χ0) is 11.7. The molecule has 1 fully saturated rings. The van der Waals surface area contributed by atoms with Crippen molar-refractivity contribution in [3.05, 3.63) is 0 Å². The number of ether oxygens (including phenoxy) is 1. The van der Waals surface area contributed by atoms with Gasteiger partial charge in [-0.15, -0.1) is 0 Å². The molecule has 0 aliphatic heterocycles. The van der Waals surface area contributed by atoms with Crippen LogP contribution in [-0.2, 0) is 13.8 Å². The minimum absolute atomic E-state index is 0.0427. The van der Waals surface area contributed by atoms with Gasteiger partial charge in [0.1, 0.15) is 0 Å². The van der Waals surface area contributed by atoms with Gasteiger partial charge < -0.3 is 4.74 Å². The molecule has 90 valence electrons. The molecule has 0 spiro atoms. The molecular weight excluding hydrogens is 236 g/mol.